The summed E-state index contributed by atoms with van der Waals surface area (Å²) in [5, 5.41) is 6.68. The number of hydrogen-bond acceptors (Lipinski definition) is 4. The molecule has 1 aliphatic carbocycles. The van der Waals surface area contributed by atoms with Gasteiger partial charge in [0.2, 0.25) is 5.91 Å². The summed E-state index contributed by atoms with van der Waals surface area (Å²) in [5.74, 6) is -0.0698. The molecule has 8 heteroatoms. The fourth-order valence-electron chi connectivity index (χ4n) is 4.24. The average Bonchev–Trinajstić information content (AvgIpc) is 3.32. The van der Waals surface area contributed by atoms with Crippen molar-refractivity contribution >= 4 is 46.4 Å². The van der Waals surface area contributed by atoms with Gasteiger partial charge in [0.25, 0.3) is 5.91 Å². The van der Waals surface area contributed by atoms with Gasteiger partial charge in [-0.25, -0.2) is 4.98 Å². The number of benzene rings is 2. The van der Waals surface area contributed by atoms with Crippen LogP contribution in [0.3, 0.4) is 0 Å². The number of aromatic nitrogens is 1. The molecule has 3 aromatic rings. The maximum atomic E-state index is 13.4. The van der Waals surface area contributed by atoms with Crippen LogP contribution in [0.25, 0.3) is 0 Å². The molecule has 2 aromatic carbocycles. The molecule has 0 bridgehead atoms. The molecule has 1 aliphatic rings. The minimum Gasteiger partial charge on any atom is -0.494 e. The number of amides is 2. The second-order valence-electron chi connectivity index (χ2n) is 7.96. The van der Waals surface area contributed by atoms with Crippen LogP contribution in [-0.4, -0.2) is 23.9 Å². The normalized spacial score (nSPS) is 14.5. The standard InChI is InChI=1S/C25H23Cl2N3O3/c1-33-21-15-18(11-12-19(21)30-23(31)20-5-4-6-22(27)29-20)28-24(32)25(13-2-3-14-25)16-7-9-17(26)10-8-16/h4-12,15H,2-3,13-14H2,1H3,(H,28,32)(H,30,31). The van der Waals surface area contributed by atoms with Crippen molar-refractivity contribution in [1.29, 1.82) is 0 Å². The van der Waals surface area contributed by atoms with Crippen LogP contribution in [-0.2, 0) is 10.2 Å². The van der Waals surface area contributed by atoms with Crippen LogP contribution in [0.1, 0.15) is 41.7 Å². The minimum absolute atomic E-state index is 0.0655. The SMILES string of the molecule is COc1cc(NC(=O)C2(c3ccc(Cl)cc3)CCCC2)ccc1NC(=O)c1cccc(Cl)n1. The van der Waals surface area contributed by atoms with Crippen LogP contribution in [0.15, 0.2) is 60.7 Å². The Kier molecular flexibility index (Phi) is 6.86. The van der Waals surface area contributed by atoms with Gasteiger partial charge in [-0.1, -0.05) is 54.2 Å². The van der Waals surface area contributed by atoms with Crippen molar-refractivity contribution in [3.63, 3.8) is 0 Å². The fourth-order valence-corrected chi connectivity index (χ4v) is 4.53. The van der Waals surface area contributed by atoms with Crippen molar-refractivity contribution in [1.82, 2.24) is 4.98 Å². The molecule has 170 valence electrons. The average molecular weight is 484 g/mol. The number of nitrogens with one attached hydrogen (secondary N) is 2. The molecule has 1 fully saturated rings. The van der Waals surface area contributed by atoms with E-state index in [0.29, 0.717) is 22.1 Å². The highest BCUT2D eigenvalue weighted by molar-refractivity contribution is 6.30. The van der Waals surface area contributed by atoms with Gasteiger partial charge in [-0.3, -0.25) is 9.59 Å². The number of anilines is 2. The molecule has 0 aliphatic heterocycles. The molecule has 0 atom stereocenters. The molecule has 1 aromatic heterocycles. The smallest absolute Gasteiger partial charge is 0.274 e. The van der Waals surface area contributed by atoms with E-state index in [9.17, 15) is 9.59 Å². The van der Waals surface area contributed by atoms with Crippen molar-refractivity contribution in [3.8, 4) is 5.75 Å². The van der Waals surface area contributed by atoms with E-state index in [0.717, 1.165) is 31.2 Å². The first kappa shape index (κ1) is 23.1. The van der Waals surface area contributed by atoms with Crippen LogP contribution < -0.4 is 15.4 Å². The molecule has 1 heterocycles. The Morgan fingerprint density at radius 1 is 0.970 bits per heavy atom. The van der Waals surface area contributed by atoms with Gasteiger partial charge in [0, 0.05) is 16.8 Å². The predicted molar refractivity (Wildman–Crippen MR) is 130 cm³/mol. The number of halogens is 2. The Labute approximate surface area is 202 Å². The molecule has 33 heavy (non-hydrogen) atoms. The lowest BCUT2D eigenvalue weighted by Crippen LogP contribution is -2.38. The quantitative estimate of drug-likeness (QED) is 0.415. The zero-order valence-electron chi connectivity index (χ0n) is 18.0. The fraction of sp³-hybridized carbons (Fsp3) is 0.240. The zero-order valence-corrected chi connectivity index (χ0v) is 19.5. The second-order valence-corrected chi connectivity index (χ2v) is 8.79. The van der Waals surface area contributed by atoms with E-state index in [4.69, 9.17) is 27.9 Å². The van der Waals surface area contributed by atoms with Crippen LogP contribution in [0, 0.1) is 0 Å². The van der Waals surface area contributed by atoms with E-state index in [1.54, 1.807) is 36.4 Å². The lowest BCUT2D eigenvalue weighted by atomic mass is 9.78. The Balaban J connectivity index is 1.54. The first-order valence-corrected chi connectivity index (χ1v) is 11.4. The van der Waals surface area contributed by atoms with E-state index < -0.39 is 11.3 Å². The second kappa shape index (κ2) is 9.81. The number of rotatable bonds is 6. The summed E-state index contributed by atoms with van der Waals surface area (Å²) >= 11 is 11.9. The molecule has 4 rings (SSSR count). The Hall–Kier alpha value is -3.09. The van der Waals surface area contributed by atoms with E-state index >= 15 is 0 Å². The van der Waals surface area contributed by atoms with Crippen molar-refractivity contribution in [3.05, 3.63) is 82.1 Å². The van der Waals surface area contributed by atoms with Gasteiger partial charge < -0.3 is 15.4 Å². The first-order chi connectivity index (χ1) is 15.9. The molecule has 0 spiro atoms. The van der Waals surface area contributed by atoms with Crippen LogP contribution in [0.5, 0.6) is 5.75 Å². The van der Waals surface area contributed by atoms with Crippen molar-refractivity contribution < 1.29 is 14.3 Å². The third kappa shape index (κ3) is 4.97. The van der Waals surface area contributed by atoms with Gasteiger partial charge in [-0.15, -0.1) is 0 Å². The van der Waals surface area contributed by atoms with Crippen LogP contribution in [0.2, 0.25) is 10.2 Å². The summed E-state index contributed by atoms with van der Waals surface area (Å²) in [4.78, 5) is 30.0. The summed E-state index contributed by atoms with van der Waals surface area (Å²) in [6.45, 7) is 0. The number of hydrogen-bond donors (Lipinski definition) is 2. The number of pyridine rings is 1. The summed E-state index contributed by atoms with van der Waals surface area (Å²) in [7, 11) is 1.50. The Morgan fingerprint density at radius 2 is 1.70 bits per heavy atom. The van der Waals surface area contributed by atoms with Gasteiger partial charge >= 0.3 is 0 Å². The molecule has 0 unspecified atom stereocenters. The maximum absolute atomic E-state index is 13.4. The third-order valence-electron chi connectivity index (χ3n) is 5.94. The minimum atomic E-state index is -0.594. The zero-order chi connectivity index (χ0) is 23.4. The number of carbonyl (C=O) groups excluding carboxylic acids is 2. The molecule has 1 saturated carbocycles. The van der Waals surface area contributed by atoms with Gasteiger partial charge in [-0.2, -0.15) is 0 Å². The number of carbonyl (C=O) groups is 2. The van der Waals surface area contributed by atoms with Crippen molar-refractivity contribution in [2.24, 2.45) is 0 Å². The van der Waals surface area contributed by atoms with Gasteiger partial charge in [0.05, 0.1) is 18.2 Å². The summed E-state index contributed by atoms with van der Waals surface area (Å²) in [6, 6.07) is 17.4. The van der Waals surface area contributed by atoms with Gasteiger partial charge in [0.1, 0.15) is 16.6 Å². The topological polar surface area (TPSA) is 80.3 Å². The molecular formula is C25H23Cl2N3O3. The first-order valence-electron chi connectivity index (χ1n) is 10.6. The predicted octanol–water partition coefficient (Wildman–Crippen LogP) is 6.10. The van der Waals surface area contributed by atoms with E-state index in [2.05, 4.69) is 15.6 Å². The largest absolute Gasteiger partial charge is 0.494 e. The molecule has 2 amide bonds. The highest BCUT2D eigenvalue weighted by Gasteiger charge is 2.42. The lowest BCUT2D eigenvalue weighted by Gasteiger charge is -2.28. The number of methoxy groups -OCH3 is 1. The van der Waals surface area contributed by atoms with Crippen LogP contribution >= 0.6 is 23.2 Å². The highest BCUT2D eigenvalue weighted by atomic mass is 35.5. The van der Waals surface area contributed by atoms with E-state index in [-0.39, 0.29) is 16.8 Å². The van der Waals surface area contributed by atoms with E-state index in [1.807, 2.05) is 24.3 Å². The van der Waals surface area contributed by atoms with Crippen molar-refractivity contribution in [2.45, 2.75) is 31.1 Å². The Morgan fingerprint density at radius 3 is 2.36 bits per heavy atom. The molecular weight excluding hydrogens is 461 g/mol. The number of ether oxygens (including phenoxy) is 1. The third-order valence-corrected chi connectivity index (χ3v) is 6.41. The Bertz CT molecular complexity index is 1180. The lowest BCUT2D eigenvalue weighted by molar-refractivity contribution is -0.121. The molecule has 0 saturated heterocycles. The van der Waals surface area contributed by atoms with Crippen molar-refractivity contribution in [2.75, 3.05) is 17.7 Å². The highest BCUT2D eigenvalue weighted by Crippen LogP contribution is 2.42. The van der Waals surface area contributed by atoms with Gasteiger partial charge in [-0.05, 0) is 54.8 Å². The molecule has 2 N–H and O–H groups in total. The van der Waals surface area contributed by atoms with Gasteiger partial charge in [0.15, 0.2) is 0 Å². The van der Waals surface area contributed by atoms with E-state index in [1.165, 1.54) is 7.11 Å². The summed E-state index contributed by atoms with van der Waals surface area (Å²) < 4.78 is 5.45. The molecule has 6 nitrogen and oxygen atoms in total. The molecule has 0 radical (unpaired) electrons. The number of nitrogens with zero attached hydrogens (tertiary/aromatic N) is 1. The summed E-state index contributed by atoms with van der Waals surface area (Å²) in [5.41, 5.74) is 1.59. The van der Waals surface area contributed by atoms with Crippen LogP contribution in [0.4, 0.5) is 11.4 Å². The summed E-state index contributed by atoms with van der Waals surface area (Å²) in [6.07, 6.45) is 3.53. The maximum Gasteiger partial charge on any atom is 0.274 e. The monoisotopic (exact) mass is 483 g/mol.